The van der Waals surface area contributed by atoms with Crippen LogP contribution in [0.2, 0.25) is 0 Å². The first-order valence-electron chi connectivity index (χ1n) is 13.6. The number of aryl methyl sites for hydroxylation is 2. The SMILES string of the molecule is CCCC(Cc1ccc(C)c(F)c1)N(C)C[C@@H](O)COC(C)c1ccccc1CCCCCC(=O)OC. The molecule has 0 saturated heterocycles. The highest BCUT2D eigenvalue weighted by Crippen LogP contribution is 2.24. The number of hydrogen-bond acceptors (Lipinski definition) is 5. The molecule has 0 spiro atoms. The maximum Gasteiger partial charge on any atom is 0.305 e. The molecule has 0 aliphatic carbocycles. The molecular weight excluding hydrogens is 469 g/mol. The molecule has 37 heavy (non-hydrogen) atoms. The molecule has 0 aromatic heterocycles. The summed E-state index contributed by atoms with van der Waals surface area (Å²) in [4.78, 5) is 13.5. The first kappa shape index (κ1) is 30.9. The molecular formula is C31H46FNO4. The Labute approximate surface area is 223 Å². The van der Waals surface area contributed by atoms with Crippen molar-refractivity contribution in [2.45, 2.75) is 90.4 Å². The summed E-state index contributed by atoms with van der Waals surface area (Å²) >= 11 is 0. The monoisotopic (exact) mass is 515 g/mol. The minimum atomic E-state index is -0.618. The van der Waals surface area contributed by atoms with Gasteiger partial charge in [0, 0.05) is 19.0 Å². The Morgan fingerprint density at radius 1 is 1.14 bits per heavy atom. The summed E-state index contributed by atoms with van der Waals surface area (Å²) in [7, 11) is 3.44. The number of aliphatic hydroxyl groups excluding tert-OH is 1. The molecule has 5 nitrogen and oxygen atoms in total. The molecule has 6 heteroatoms. The first-order chi connectivity index (χ1) is 17.7. The Balaban J connectivity index is 1.85. The van der Waals surface area contributed by atoms with Gasteiger partial charge in [0.05, 0.1) is 25.9 Å². The molecule has 2 aromatic rings. The van der Waals surface area contributed by atoms with Gasteiger partial charge in [0.25, 0.3) is 0 Å². The smallest absolute Gasteiger partial charge is 0.305 e. The number of hydrogen-bond donors (Lipinski definition) is 1. The fourth-order valence-corrected chi connectivity index (χ4v) is 4.75. The van der Waals surface area contributed by atoms with E-state index in [-0.39, 0.29) is 30.5 Å². The van der Waals surface area contributed by atoms with E-state index >= 15 is 0 Å². The third kappa shape index (κ3) is 10.9. The lowest BCUT2D eigenvalue weighted by Crippen LogP contribution is -2.40. The minimum absolute atomic E-state index is 0.131. The Hall–Kier alpha value is -2.28. The van der Waals surface area contributed by atoms with Gasteiger partial charge < -0.3 is 19.5 Å². The summed E-state index contributed by atoms with van der Waals surface area (Å²) in [6.07, 6.45) is 6.18. The van der Waals surface area contributed by atoms with Crippen LogP contribution in [0.25, 0.3) is 0 Å². The van der Waals surface area contributed by atoms with Crippen molar-refractivity contribution in [3.05, 3.63) is 70.5 Å². The van der Waals surface area contributed by atoms with Crippen molar-refractivity contribution in [1.29, 1.82) is 0 Å². The number of benzene rings is 2. The summed E-state index contributed by atoms with van der Waals surface area (Å²) in [5.41, 5.74) is 4.02. The van der Waals surface area contributed by atoms with E-state index in [2.05, 4.69) is 24.0 Å². The fraction of sp³-hybridized carbons (Fsp3) is 0.581. The summed E-state index contributed by atoms with van der Waals surface area (Å²) in [6, 6.07) is 13.9. The van der Waals surface area contributed by atoms with Crippen LogP contribution in [-0.4, -0.2) is 55.4 Å². The zero-order chi connectivity index (χ0) is 27.2. The molecule has 0 aliphatic rings. The molecule has 2 rings (SSSR count). The zero-order valence-electron chi connectivity index (χ0n) is 23.3. The third-order valence-electron chi connectivity index (χ3n) is 7.04. The van der Waals surface area contributed by atoms with Crippen LogP contribution in [-0.2, 0) is 27.1 Å². The van der Waals surface area contributed by atoms with E-state index in [1.807, 2.05) is 38.2 Å². The summed E-state index contributed by atoms with van der Waals surface area (Å²) in [6.45, 7) is 6.69. The molecule has 0 heterocycles. The second-order valence-electron chi connectivity index (χ2n) is 10.1. The maximum absolute atomic E-state index is 14.0. The fourth-order valence-electron chi connectivity index (χ4n) is 4.75. The van der Waals surface area contributed by atoms with Crippen LogP contribution in [0, 0.1) is 12.7 Å². The molecule has 0 bridgehead atoms. The highest BCUT2D eigenvalue weighted by Gasteiger charge is 2.20. The predicted octanol–water partition coefficient (Wildman–Crippen LogP) is 6.19. The lowest BCUT2D eigenvalue weighted by molar-refractivity contribution is -0.140. The van der Waals surface area contributed by atoms with Gasteiger partial charge >= 0.3 is 5.97 Å². The number of halogens is 1. The van der Waals surface area contributed by atoms with Gasteiger partial charge in [-0.15, -0.1) is 0 Å². The van der Waals surface area contributed by atoms with Crippen LogP contribution in [0.4, 0.5) is 4.39 Å². The van der Waals surface area contributed by atoms with E-state index < -0.39 is 6.10 Å². The maximum atomic E-state index is 14.0. The molecule has 0 saturated carbocycles. The molecule has 3 atom stereocenters. The number of esters is 1. The molecule has 0 aliphatic heterocycles. The van der Waals surface area contributed by atoms with Crippen molar-refractivity contribution in [2.24, 2.45) is 0 Å². The normalized spacial score (nSPS) is 13.9. The van der Waals surface area contributed by atoms with Gasteiger partial charge in [-0.2, -0.15) is 0 Å². The Morgan fingerprint density at radius 2 is 1.89 bits per heavy atom. The Morgan fingerprint density at radius 3 is 2.59 bits per heavy atom. The van der Waals surface area contributed by atoms with Crippen molar-refractivity contribution < 1.29 is 23.8 Å². The van der Waals surface area contributed by atoms with Crippen molar-refractivity contribution >= 4 is 5.97 Å². The van der Waals surface area contributed by atoms with E-state index in [1.54, 1.807) is 13.0 Å². The van der Waals surface area contributed by atoms with Gasteiger partial charge in [-0.05, 0) is 81.3 Å². The number of aliphatic hydroxyl groups is 1. The number of ether oxygens (including phenoxy) is 2. The van der Waals surface area contributed by atoms with E-state index in [1.165, 1.54) is 12.7 Å². The van der Waals surface area contributed by atoms with Crippen LogP contribution in [0.15, 0.2) is 42.5 Å². The van der Waals surface area contributed by atoms with Gasteiger partial charge in [-0.3, -0.25) is 4.79 Å². The minimum Gasteiger partial charge on any atom is -0.469 e. The largest absolute Gasteiger partial charge is 0.469 e. The molecule has 0 amide bonds. The molecule has 0 fully saturated rings. The molecule has 2 unspecified atom stereocenters. The van der Waals surface area contributed by atoms with Gasteiger partial charge in [0.2, 0.25) is 0 Å². The van der Waals surface area contributed by atoms with Crippen molar-refractivity contribution in [3.63, 3.8) is 0 Å². The van der Waals surface area contributed by atoms with Crippen LogP contribution >= 0.6 is 0 Å². The Bertz CT molecular complexity index is 951. The number of nitrogens with zero attached hydrogens (tertiary/aromatic N) is 1. The van der Waals surface area contributed by atoms with E-state index in [9.17, 15) is 14.3 Å². The molecule has 0 radical (unpaired) electrons. The van der Waals surface area contributed by atoms with E-state index in [0.29, 0.717) is 18.5 Å². The summed E-state index contributed by atoms with van der Waals surface area (Å²) < 4.78 is 24.8. The van der Waals surface area contributed by atoms with Crippen LogP contribution < -0.4 is 0 Å². The second-order valence-corrected chi connectivity index (χ2v) is 10.1. The van der Waals surface area contributed by atoms with E-state index in [0.717, 1.165) is 56.1 Å². The summed E-state index contributed by atoms with van der Waals surface area (Å²) in [5, 5.41) is 10.7. The van der Waals surface area contributed by atoms with Gasteiger partial charge in [-0.1, -0.05) is 56.2 Å². The lowest BCUT2D eigenvalue weighted by Gasteiger charge is -2.30. The molecule has 2 aromatic carbocycles. The number of carbonyl (C=O) groups excluding carboxylic acids is 1. The van der Waals surface area contributed by atoms with Crippen molar-refractivity contribution in [1.82, 2.24) is 4.90 Å². The van der Waals surface area contributed by atoms with Gasteiger partial charge in [0.15, 0.2) is 0 Å². The van der Waals surface area contributed by atoms with Crippen LogP contribution in [0.1, 0.15) is 80.7 Å². The molecule has 1 N–H and O–H groups in total. The van der Waals surface area contributed by atoms with E-state index in [4.69, 9.17) is 9.47 Å². The second kappa shape index (κ2) is 16.5. The van der Waals surface area contributed by atoms with Gasteiger partial charge in [0.1, 0.15) is 5.82 Å². The quantitative estimate of drug-likeness (QED) is 0.201. The number of methoxy groups -OCH3 is 1. The van der Waals surface area contributed by atoms with Crippen molar-refractivity contribution in [2.75, 3.05) is 27.3 Å². The highest BCUT2D eigenvalue weighted by atomic mass is 19.1. The van der Waals surface area contributed by atoms with Crippen molar-refractivity contribution in [3.8, 4) is 0 Å². The highest BCUT2D eigenvalue weighted by molar-refractivity contribution is 5.68. The standard InChI is InChI=1S/C31H46FNO4/c1-6-12-27(19-25-18-17-23(2)30(32)20-25)33(4)21-28(34)22-37-24(3)29-15-11-10-14-26(29)13-8-7-9-16-31(35)36-5/h10-11,14-15,17-18,20,24,27-28,34H,6-9,12-13,16,19,21-22H2,1-5H3/t24?,27?,28-/m1/s1. The third-order valence-corrected chi connectivity index (χ3v) is 7.04. The Kier molecular flexibility index (Phi) is 13.8. The predicted molar refractivity (Wildman–Crippen MR) is 147 cm³/mol. The zero-order valence-corrected chi connectivity index (χ0v) is 23.3. The van der Waals surface area contributed by atoms with Crippen LogP contribution in [0.5, 0.6) is 0 Å². The average molecular weight is 516 g/mol. The molecule has 206 valence electrons. The number of carbonyl (C=O) groups is 1. The average Bonchev–Trinajstić information content (AvgIpc) is 2.89. The topological polar surface area (TPSA) is 59.0 Å². The van der Waals surface area contributed by atoms with Crippen LogP contribution in [0.3, 0.4) is 0 Å². The lowest BCUT2D eigenvalue weighted by atomic mass is 9.98. The first-order valence-corrected chi connectivity index (χ1v) is 13.6. The number of rotatable bonds is 17. The summed E-state index contributed by atoms with van der Waals surface area (Å²) in [5.74, 6) is -0.323. The number of unbranched alkanes of at least 4 members (excludes halogenated alkanes) is 2. The number of likely N-dealkylation sites (N-methyl/N-ethyl adjacent to an activating group) is 1. The van der Waals surface area contributed by atoms with Gasteiger partial charge in [-0.25, -0.2) is 4.39 Å².